The van der Waals surface area contributed by atoms with E-state index in [1.54, 1.807) is 11.3 Å². The highest BCUT2D eigenvalue weighted by molar-refractivity contribution is 6.39. The van der Waals surface area contributed by atoms with Gasteiger partial charge < -0.3 is 0 Å². The van der Waals surface area contributed by atoms with Crippen molar-refractivity contribution in [2.75, 3.05) is 0 Å². The molecule has 0 bridgehead atoms. The minimum Gasteiger partial charge on any atom is -0.294 e. The molecule has 7 aromatic carbocycles. The Balaban J connectivity index is 1.46. The van der Waals surface area contributed by atoms with Gasteiger partial charge in [-0.1, -0.05) is 66.7 Å². The van der Waals surface area contributed by atoms with Gasteiger partial charge >= 0.3 is 0 Å². The summed E-state index contributed by atoms with van der Waals surface area (Å²) in [6.45, 7) is 5.70. The maximum atomic E-state index is 14.0. The number of aliphatic imine (C=N–C) groups is 1. The van der Waals surface area contributed by atoms with Crippen molar-refractivity contribution in [3.63, 3.8) is 0 Å². The number of rotatable bonds is 3. The van der Waals surface area contributed by atoms with E-state index in [4.69, 9.17) is 9.98 Å². The molecule has 9 aromatic rings. The number of benzene rings is 7. The van der Waals surface area contributed by atoms with Crippen molar-refractivity contribution in [1.29, 1.82) is 0 Å². The van der Waals surface area contributed by atoms with Crippen molar-refractivity contribution in [2.45, 2.75) is 20.8 Å². The Hall–Kier alpha value is -5.68. The number of pyridine rings is 1. The monoisotopic (exact) mass is 567 g/mol. The molecule has 0 unspecified atom stereocenters. The molecule has 0 spiro atoms. The molecule has 5 heteroatoms. The highest BCUT2D eigenvalue weighted by atomic mass is 16.1. The molecule has 0 aliphatic heterocycles. The Morgan fingerprint density at radius 2 is 1.20 bits per heavy atom. The Morgan fingerprint density at radius 3 is 1.93 bits per heavy atom. The average molecular weight is 568 g/mol. The molecule has 0 fully saturated rings. The third-order valence-corrected chi connectivity index (χ3v) is 9.31. The van der Waals surface area contributed by atoms with Gasteiger partial charge in [0.05, 0.1) is 16.7 Å². The number of ketones is 1. The number of carbonyl (C=O) groups is 1. The average Bonchev–Trinajstić information content (AvgIpc) is 3.43. The van der Waals surface area contributed by atoms with Gasteiger partial charge in [0.25, 0.3) is 5.56 Å². The van der Waals surface area contributed by atoms with Crippen LogP contribution in [0, 0.1) is 6.92 Å². The van der Waals surface area contributed by atoms with Gasteiger partial charge in [-0.15, -0.1) is 0 Å². The molecule has 9 rings (SSSR count). The summed E-state index contributed by atoms with van der Waals surface area (Å²) in [5.41, 5.74) is 6.71. The quantitative estimate of drug-likeness (QED) is 0.0925. The highest BCUT2D eigenvalue weighted by Crippen LogP contribution is 2.45. The number of imidazole rings is 1. The molecule has 0 aliphatic rings. The van der Waals surface area contributed by atoms with Gasteiger partial charge in [-0.2, -0.15) is 0 Å². The zero-order valence-corrected chi connectivity index (χ0v) is 24.4. The summed E-state index contributed by atoms with van der Waals surface area (Å²) in [4.78, 5) is 37.0. The van der Waals surface area contributed by atoms with Crippen LogP contribution in [-0.4, -0.2) is 20.9 Å². The minimum atomic E-state index is -0.0637. The van der Waals surface area contributed by atoms with E-state index in [0.717, 1.165) is 82.0 Å². The van der Waals surface area contributed by atoms with Crippen LogP contribution in [-0.2, 0) is 0 Å². The first-order valence-corrected chi connectivity index (χ1v) is 14.8. The molecule has 44 heavy (non-hydrogen) atoms. The summed E-state index contributed by atoms with van der Waals surface area (Å²) in [6, 6.07) is 32.4. The van der Waals surface area contributed by atoms with Crippen LogP contribution >= 0.6 is 0 Å². The van der Waals surface area contributed by atoms with E-state index in [1.807, 2.05) is 61.5 Å². The molecular formula is C39H25N3O2. The van der Waals surface area contributed by atoms with Crippen LogP contribution in [0.2, 0.25) is 0 Å². The van der Waals surface area contributed by atoms with Crippen LogP contribution < -0.4 is 5.56 Å². The zero-order valence-electron chi connectivity index (χ0n) is 24.4. The number of Topliss-reactive ketones (excluding diaryl/α,β-unsaturated/α-hetero) is 1. The van der Waals surface area contributed by atoms with Crippen LogP contribution in [0.1, 0.15) is 35.3 Å². The van der Waals surface area contributed by atoms with Crippen LogP contribution in [0.4, 0.5) is 5.69 Å². The van der Waals surface area contributed by atoms with Crippen molar-refractivity contribution in [2.24, 2.45) is 4.99 Å². The fraction of sp³-hybridized carbons (Fsp3) is 0.0769. The predicted octanol–water partition coefficient (Wildman–Crippen LogP) is 9.14. The number of hydrogen-bond donors (Lipinski definition) is 0. The second-order valence-electron chi connectivity index (χ2n) is 11.7. The van der Waals surface area contributed by atoms with Crippen LogP contribution in [0.3, 0.4) is 0 Å². The maximum absolute atomic E-state index is 14.0. The Kier molecular flexibility index (Phi) is 4.91. The number of aromatic nitrogens is 2. The van der Waals surface area contributed by atoms with Crippen LogP contribution in [0.5, 0.6) is 0 Å². The molecule has 2 heterocycles. The molecule has 2 aromatic heterocycles. The summed E-state index contributed by atoms with van der Waals surface area (Å²) in [6.07, 6.45) is 0. The SMILES string of the molecule is CC(=O)c1ccc2c3ccc4c(=O)n5c6ccccc6nc5c5ccc(c6ccc(C(C)=Nc7ccccc7C)c1c26)c3c45. The molecule has 0 atom stereocenters. The molecular weight excluding hydrogens is 542 g/mol. The normalized spacial score (nSPS) is 12.8. The zero-order chi connectivity index (χ0) is 29.9. The number of hydrogen-bond acceptors (Lipinski definition) is 4. The van der Waals surface area contributed by atoms with Crippen molar-refractivity contribution in [1.82, 2.24) is 9.38 Å². The molecule has 0 saturated heterocycles. The van der Waals surface area contributed by atoms with Crippen LogP contribution in [0.25, 0.3) is 70.5 Å². The first-order chi connectivity index (χ1) is 21.4. The lowest BCUT2D eigenvalue weighted by Crippen LogP contribution is -2.13. The van der Waals surface area contributed by atoms with Gasteiger partial charge in [-0.25, -0.2) is 4.98 Å². The van der Waals surface area contributed by atoms with Crippen LogP contribution in [0.15, 0.2) is 107 Å². The molecule has 0 aliphatic carbocycles. The molecule has 0 radical (unpaired) electrons. The first-order valence-electron chi connectivity index (χ1n) is 14.8. The third-order valence-electron chi connectivity index (χ3n) is 9.31. The summed E-state index contributed by atoms with van der Waals surface area (Å²) in [5, 5.41) is 9.77. The van der Waals surface area contributed by atoms with E-state index >= 15 is 0 Å². The molecule has 0 N–H and O–H groups in total. The van der Waals surface area contributed by atoms with E-state index < -0.39 is 0 Å². The first kappa shape index (κ1) is 24.9. The molecule has 208 valence electrons. The van der Waals surface area contributed by atoms with Gasteiger partial charge in [0.15, 0.2) is 5.78 Å². The van der Waals surface area contributed by atoms with E-state index in [0.29, 0.717) is 16.6 Å². The van der Waals surface area contributed by atoms with Gasteiger partial charge in [-0.05, 0) is 89.0 Å². The van der Waals surface area contributed by atoms with Crippen molar-refractivity contribution < 1.29 is 4.79 Å². The largest absolute Gasteiger partial charge is 0.294 e. The smallest absolute Gasteiger partial charge is 0.264 e. The number of fused-ring (bicyclic) bond motifs is 6. The van der Waals surface area contributed by atoms with E-state index in [1.165, 1.54) is 0 Å². The summed E-state index contributed by atoms with van der Waals surface area (Å²) < 4.78 is 1.74. The Bertz CT molecular complexity index is 2770. The minimum absolute atomic E-state index is 0.0131. The number of carbonyl (C=O) groups excluding carboxylic acids is 1. The standard InChI is InChI=1S/C39H25N3O2/c1-20-8-4-5-9-31(20)40-21(2)23-12-14-25-27-16-18-29-37-30(39(44)42-33-11-7-6-10-32(33)41-38(29)42)19-17-28(36(27)37)26-15-13-24(22(3)43)34(23)35(25)26/h4-19H,1-3H3. The number of para-hydroxylation sites is 3. The van der Waals surface area contributed by atoms with Crippen molar-refractivity contribution in [3.05, 3.63) is 124 Å². The number of aryl methyl sites for hydroxylation is 1. The summed E-state index contributed by atoms with van der Waals surface area (Å²) in [5.74, 6) is 0.0131. The Morgan fingerprint density at radius 1 is 0.636 bits per heavy atom. The predicted molar refractivity (Wildman–Crippen MR) is 182 cm³/mol. The van der Waals surface area contributed by atoms with Gasteiger partial charge in [-0.3, -0.25) is 19.0 Å². The topological polar surface area (TPSA) is 63.8 Å². The number of nitrogens with zero attached hydrogens (tertiary/aromatic N) is 3. The molecule has 0 amide bonds. The van der Waals surface area contributed by atoms with Crippen molar-refractivity contribution >= 4 is 87.7 Å². The highest BCUT2D eigenvalue weighted by Gasteiger charge is 2.23. The molecule has 0 saturated carbocycles. The summed E-state index contributed by atoms with van der Waals surface area (Å²) >= 11 is 0. The second kappa shape index (κ2) is 8.68. The van der Waals surface area contributed by atoms with E-state index in [-0.39, 0.29) is 11.3 Å². The second-order valence-corrected chi connectivity index (χ2v) is 11.7. The Labute approximate surface area is 251 Å². The van der Waals surface area contributed by atoms with Gasteiger partial charge in [0, 0.05) is 38.4 Å². The fourth-order valence-electron chi connectivity index (χ4n) is 7.31. The van der Waals surface area contributed by atoms with Gasteiger partial charge in [0.1, 0.15) is 5.65 Å². The van der Waals surface area contributed by atoms with E-state index in [2.05, 4.69) is 49.4 Å². The molecule has 5 nitrogen and oxygen atoms in total. The fourth-order valence-corrected chi connectivity index (χ4v) is 7.31. The van der Waals surface area contributed by atoms with Crippen molar-refractivity contribution in [3.8, 4) is 0 Å². The third kappa shape index (κ3) is 3.13. The lowest BCUT2D eigenvalue weighted by molar-refractivity contribution is 0.101. The van der Waals surface area contributed by atoms with Gasteiger partial charge in [0.2, 0.25) is 0 Å². The summed E-state index contributed by atoms with van der Waals surface area (Å²) in [7, 11) is 0. The lowest BCUT2D eigenvalue weighted by atomic mass is 9.84. The maximum Gasteiger partial charge on any atom is 0.264 e. The lowest BCUT2D eigenvalue weighted by Gasteiger charge is -2.19. The van der Waals surface area contributed by atoms with E-state index in [9.17, 15) is 9.59 Å².